The smallest absolute Gasteiger partial charge is 0.255 e. The number of imide groups is 1. The lowest BCUT2D eigenvalue weighted by Gasteiger charge is -2.39. The van der Waals surface area contributed by atoms with Crippen LogP contribution in [-0.2, 0) is 26.3 Å². The number of nitrogens with one attached hydrogen (secondary N) is 4. The van der Waals surface area contributed by atoms with Gasteiger partial charge < -0.3 is 30.5 Å². The number of ether oxygens (including phenoxy) is 1. The van der Waals surface area contributed by atoms with Crippen molar-refractivity contribution in [3.63, 3.8) is 0 Å². The van der Waals surface area contributed by atoms with Gasteiger partial charge in [0.1, 0.15) is 17.6 Å². The summed E-state index contributed by atoms with van der Waals surface area (Å²) in [6.07, 6.45) is 2.19. The second kappa shape index (κ2) is 18.4. The summed E-state index contributed by atoms with van der Waals surface area (Å²) in [6.45, 7) is 10.0. The van der Waals surface area contributed by atoms with Crippen LogP contribution in [0.25, 0.3) is 0 Å². The first-order chi connectivity index (χ1) is 32.5. The Labute approximate surface area is 405 Å². The predicted octanol–water partition coefficient (Wildman–Crippen LogP) is 8.37. The van der Waals surface area contributed by atoms with Crippen LogP contribution in [0.15, 0.2) is 83.9 Å². The van der Waals surface area contributed by atoms with Crippen LogP contribution in [0.2, 0.25) is 10.0 Å². The van der Waals surface area contributed by atoms with Crippen molar-refractivity contribution in [3.8, 4) is 17.6 Å². The van der Waals surface area contributed by atoms with Crippen molar-refractivity contribution in [2.75, 3.05) is 37.4 Å². The molecule has 5 aliphatic rings. The van der Waals surface area contributed by atoms with Crippen LogP contribution < -0.4 is 26.0 Å². The van der Waals surface area contributed by atoms with E-state index in [4.69, 9.17) is 27.9 Å². The van der Waals surface area contributed by atoms with E-state index in [0.29, 0.717) is 71.9 Å². The molecule has 15 heteroatoms. The third-order valence-electron chi connectivity index (χ3n) is 14.2. The number of nitrogens with zero attached hydrogens (tertiary/aromatic N) is 2. The van der Waals surface area contributed by atoms with E-state index in [1.807, 2.05) is 31.2 Å². The Morgan fingerprint density at radius 1 is 1.00 bits per heavy atom. The first-order valence-corrected chi connectivity index (χ1v) is 23.7. The summed E-state index contributed by atoms with van der Waals surface area (Å²) in [6, 6.07) is 19.0. The summed E-state index contributed by atoms with van der Waals surface area (Å²) in [4.78, 5) is 69.9. The SMILES string of the molecule is COc1cc(C(=O)N2CCC(C)=C(CC#Cc3cccc4c3CN(C3CCC(=O)NC3=O)C4=O)C2)ccc1NC(=O)[C@@H]1N[C@@H](CC(C)(C)C)[C@@]2(CNc3cc(Cl)ccc32)[C@H]1c1cccc(Cl)c1F. The molecule has 0 aromatic heterocycles. The standard InChI is InChI=1S/C53H53Cl2FN6O6/c1-29-21-22-61(26-32(29)11-6-9-30-10-7-12-34-36(30)27-62(51(34)67)41-19-20-44(63)60-48(41)64)50(66)31-15-18-39(42(23-31)68-5)58-49(65)47-45(35-13-8-14-38(55)46(35)56)53(43(59-47)25-52(2,3)4)28-57-40-24-33(54)16-17-37(40)53/h7-8,10,12-18,23-24,41,43,45,47,57,59H,11,19-22,25-28H2,1-5H3,(H,58,65)(H,60,63,64)/t41?,43-,45-,47+,53-/m0/s1. The molecule has 12 nitrogen and oxygen atoms in total. The lowest BCUT2D eigenvalue weighted by molar-refractivity contribution is -0.137. The molecule has 0 aliphatic carbocycles. The van der Waals surface area contributed by atoms with E-state index >= 15 is 4.39 Å². The molecule has 9 rings (SSSR count). The molecule has 4 aromatic rings. The molecule has 352 valence electrons. The average molecular weight is 960 g/mol. The van der Waals surface area contributed by atoms with E-state index in [2.05, 4.69) is 53.9 Å². The maximum absolute atomic E-state index is 16.3. The molecule has 1 spiro atoms. The van der Waals surface area contributed by atoms with E-state index in [0.717, 1.165) is 28.0 Å². The molecular weight excluding hydrogens is 907 g/mol. The monoisotopic (exact) mass is 958 g/mol. The number of benzene rings is 4. The second-order valence-corrected chi connectivity index (χ2v) is 20.5. The van der Waals surface area contributed by atoms with Gasteiger partial charge in [0.25, 0.3) is 11.8 Å². The van der Waals surface area contributed by atoms with Crippen molar-refractivity contribution >= 4 is 64.1 Å². The predicted molar refractivity (Wildman–Crippen MR) is 259 cm³/mol. The fraction of sp³-hybridized carbons (Fsp3) is 0.377. The molecule has 0 radical (unpaired) electrons. The minimum atomic E-state index is -0.910. The quantitative estimate of drug-likeness (QED) is 0.0783. The first-order valence-electron chi connectivity index (χ1n) is 22.9. The van der Waals surface area contributed by atoms with Gasteiger partial charge in [0, 0.05) is 83.8 Å². The number of hydrogen-bond acceptors (Lipinski definition) is 8. The number of piperidine rings is 1. The van der Waals surface area contributed by atoms with Gasteiger partial charge in [-0.3, -0.25) is 29.3 Å². The van der Waals surface area contributed by atoms with Gasteiger partial charge in [-0.05, 0) is 102 Å². The molecule has 4 N–H and O–H groups in total. The molecule has 5 heterocycles. The molecule has 5 atom stereocenters. The third-order valence-corrected chi connectivity index (χ3v) is 14.7. The van der Waals surface area contributed by atoms with Gasteiger partial charge in [0.2, 0.25) is 17.7 Å². The highest BCUT2D eigenvalue weighted by molar-refractivity contribution is 6.31. The molecule has 5 amide bonds. The van der Waals surface area contributed by atoms with Gasteiger partial charge in [0.15, 0.2) is 0 Å². The Morgan fingerprint density at radius 2 is 1.79 bits per heavy atom. The van der Waals surface area contributed by atoms with E-state index in [1.54, 1.807) is 47.4 Å². The Morgan fingerprint density at radius 3 is 2.56 bits per heavy atom. The maximum Gasteiger partial charge on any atom is 0.255 e. The van der Waals surface area contributed by atoms with Gasteiger partial charge in [-0.1, -0.05) is 85.7 Å². The fourth-order valence-corrected chi connectivity index (χ4v) is 11.2. The average Bonchev–Trinajstić information content (AvgIpc) is 3.95. The van der Waals surface area contributed by atoms with Crippen LogP contribution >= 0.6 is 23.2 Å². The van der Waals surface area contributed by atoms with Crippen LogP contribution in [0, 0.1) is 23.1 Å². The second-order valence-electron chi connectivity index (χ2n) is 19.6. The van der Waals surface area contributed by atoms with Crippen LogP contribution in [0.3, 0.4) is 0 Å². The number of rotatable bonds is 8. The molecule has 68 heavy (non-hydrogen) atoms. The summed E-state index contributed by atoms with van der Waals surface area (Å²) >= 11 is 12.9. The molecule has 0 saturated carbocycles. The zero-order valence-corrected chi connectivity index (χ0v) is 40.1. The number of amides is 5. The topological polar surface area (TPSA) is 149 Å². The van der Waals surface area contributed by atoms with E-state index in [1.165, 1.54) is 18.1 Å². The van der Waals surface area contributed by atoms with E-state index in [9.17, 15) is 24.0 Å². The van der Waals surface area contributed by atoms with Gasteiger partial charge in [0.05, 0.1) is 23.9 Å². The molecule has 2 fully saturated rings. The Bertz CT molecular complexity index is 2880. The minimum absolute atomic E-state index is 0.0323. The van der Waals surface area contributed by atoms with Crippen molar-refractivity contribution < 1.29 is 33.1 Å². The lowest BCUT2D eigenvalue weighted by Crippen LogP contribution is -2.52. The molecule has 1 unspecified atom stereocenters. The van der Waals surface area contributed by atoms with Crippen LogP contribution in [0.1, 0.15) is 109 Å². The molecule has 0 bridgehead atoms. The molecule has 2 saturated heterocycles. The number of halogens is 3. The molecular formula is C53H53Cl2FN6O6. The summed E-state index contributed by atoms with van der Waals surface area (Å²) in [7, 11) is 1.48. The zero-order valence-electron chi connectivity index (χ0n) is 38.6. The summed E-state index contributed by atoms with van der Waals surface area (Å²) in [5, 5.41) is 13.2. The molecule has 4 aromatic carbocycles. The maximum atomic E-state index is 16.3. The van der Waals surface area contributed by atoms with Gasteiger partial charge in [-0.2, -0.15) is 0 Å². The Balaban J connectivity index is 0.925. The Hall–Kier alpha value is -6.20. The Kier molecular flexibility index (Phi) is 12.7. The van der Waals surface area contributed by atoms with Crippen molar-refractivity contribution in [1.82, 2.24) is 20.4 Å². The largest absolute Gasteiger partial charge is 0.495 e. The number of methoxy groups -OCH3 is 1. The van der Waals surface area contributed by atoms with E-state index in [-0.39, 0.29) is 59.3 Å². The fourth-order valence-electron chi connectivity index (χ4n) is 10.8. The highest BCUT2D eigenvalue weighted by Crippen LogP contribution is 2.57. The third kappa shape index (κ3) is 8.63. The highest BCUT2D eigenvalue weighted by atomic mass is 35.5. The van der Waals surface area contributed by atoms with Crippen molar-refractivity contribution in [3.05, 3.63) is 133 Å². The number of carbonyl (C=O) groups is 5. The van der Waals surface area contributed by atoms with Crippen LogP contribution in [0.5, 0.6) is 5.75 Å². The zero-order chi connectivity index (χ0) is 48.2. The van der Waals surface area contributed by atoms with Crippen molar-refractivity contribution in [2.45, 2.75) is 95.8 Å². The number of hydrogen-bond donors (Lipinski definition) is 4. The van der Waals surface area contributed by atoms with Gasteiger partial charge in [-0.25, -0.2) is 4.39 Å². The van der Waals surface area contributed by atoms with Gasteiger partial charge in [-0.15, -0.1) is 0 Å². The first kappa shape index (κ1) is 46.9. The highest BCUT2D eigenvalue weighted by Gasteiger charge is 2.61. The van der Waals surface area contributed by atoms with Crippen molar-refractivity contribution in [2.24, 2.45) is 5.41 Å². The normalized spacial score (nSPS) is 23.2. The van der Waals surface area contributed by atoms with E-state index < -0.39 is 41.0 Å². The van der Waals surface area contributed by atoms with Gasteiger partial charge >= 0.3 is 0 Å². The number of carbonyl (C=O) groups excluding carboxylic acids is 5. The summed E-state index contributed by atoms with van der Waals surface area (Å²) in [5.41, 5.74) is 6.01. The molecule has 5 aliphatic heterocycles. The van der Waals surface area contributed by atoms with Crippen LogP contribution in [-0.4, -0.2) is 84.2 Å². The van der Waals surface area contributed by atoms with Crippen LogP contribution in [0.4, 0.5) is 15.8 Å². The number of anilines is 2. The summed E-state index contributed by atoms with van der Waals surface area (Å²) < 4.78 is 22.1. The van der Waals surface area contributed by atoms with Crippen molar-refractivity contribution in [1.29, 1.82) is 0 Å². The lowest BCUT2D eigenvalue weighted by atomic mass is 9.63. The minimum Gasteiger partial charge on any atom is -0.495 e. The summed E-state index contributed by atoms with van der Waals surface area (Å²) in [5.74, 6) is 3.88. The number of fused-ring (bicyclic) bond motifs is 3.